The number of hydrogen-bond acceptors (Lipinski definition) is 1. The highest BCUT2D eigenvalue weighted by atomic mass is 16.1. The SMILES string of the molecule is Cc1cccc(C=O)c1C(C)(C)C. The van der Waals surface area contributed by atoms with Gasteiger partial charge in [-0.25, -0.2) is 0 Å². The Bertz CT molecular complexity index is 318. The van der Waals surface area contributed by atoms with Gasteiger partial charge in [0.25, 0.3) is 0 Å². The molecule has 0 heterocycles. The van der Waals surface area contributed by atoms with Crippen molar-refractivity contribution >= 4 is 6.29 Å². The van der Waals surface area contributed by atoms with Crippen LogP contribution in [-0.4, -0.2) is 6.29 Å². The van der Waals surface area contributed by atoms with Gasteiger partial charge in [0.2, 0.25) is 0 Å². The first-order valence-corrected chi connectivity index (χ1v) is 4.52. The topological polar surface area (TPSA) is 17.1 Å². The van der Waals surface area contributed by atoms with Gasteiger partial charge in [-0.05, 0) is 23.5 Å². The molecule has 1 aromatic carbocycles. The molecule has 0 aliphatic carbocycles. The summed E-state index contributed by atoms with van der Waals surface area (Å²) in [7, 11) is 0. The van der Waals surface area contributed by atoms with Crippen LogP contribution in [0.25, 0.3) is 0 Å². The van der Waals surface area contributed by atoms with E-state index in [-0.39, 0.29) is 5.41 Å². The van der Waals surface area contributed by atoms with E-state index in [1.54, 1.807) is 0 Å². The summed E-state index contributed by atoms with van der Waals surface area (Å²) in [5, 5.41) is 0. The van der Waals surface area contributed by atoms with E-state index in [2.05, 4.69) is 20.8 Å². The molecule has 0 aromatic heterocycles. The first-order valence-electron chi connectivity index (χ1n) is 4.52. The van der Waals surface area contributed by atoms with Crippen LogP contribution in [0.2, 0.25) is 0 Å². The van der Waals surface area contributed by atoms with Crippen LogP contribution in [0.1, 0.15) is 42.3 Å². The molecule has 70 valence electrons. The molecule has 0 aliphatic heterocycles. The standard InChI is InChI=1S/C12H16O/c1-9-6-5-7-10(8-13)11(9)12(2,3)4/h5-8H,1-4H3. The summed E-state index contributed by atoms with van der Waals surface area (Å²) < 4.78 is 0. The van der Waals surface area contributed by atoms with Crippen molar-refractivity contribution < 1.29 is 4.79 Å². The van der Waals surface area contributed by atoms with Crippen molar-refractivity contribution in [3.05, 3.63) is 34.9 Å². The number of aryl methyl sites for hydroxylation is 1. The maximum Gasteiger partial charge on any atom is 0.150 e. The molecule has 1 aromatic rings. The van der Waals surface area contributed by atoms with Gasteiger partial charge in [-0.3, -0.25) is 4.79 Å². The van der Waals surface area contributed by atoms with Gasteiger partial charge in [-0.15, -0.1) is 0 Å². The third-order valence-corrected chi connectivity index (χ3v) is 2.18. The molecule has 0 atom stereocenters. The van der Waals surface area contributed by atoms with E-state index in [0.29, 0.717) is 0 Å². The van der Waals surface area contributed by atoms with Gasteiger partial charge >= 0.3 is 0 Å². The Balaban J connectivity index is 3.40. The van der Waals surface area contributed by atoms with Gasteiger partial charge in [0.05, 0.1) is 0 Å². The predicted molar refractivity (Wildman–Crippen MR) is 55.3 cm³/mol. The summed E-state index contributed by atoms with van der Waals surface area (Å²) in [5.74, 6) is 0. The third-order valence-electron chi connectivity index (χ3n) is 2.18. The molecule has 0 radical (unpaired) electrons. The van der Waals surface area contributed by atoms with E-state index in [1.165, 1.54) is 5.56 Å². The number of carbonyl (C=O) groups is 1. The highest BCUT2D eigenvalue weighted by Gasteiger charge is 2.19. The van der Waals surface area contributed by atoms with Crippen LogP contribution in [0.4, 0.5) is 0 Å². The molecule has 0 saturated heterocycles. The second kappa shape index (κ2) is 3.33. The zero-order chi connectivity index (χ0) is 10.1. The fourth-order valence-corrected chi connectivity index (χ4v) is 1.81. The monoisotopic (exact) mass is 176 g/mol. The van der Waals surface area contributed by atoms with E-state index in [9.17, 15) is 4.79 Å². The van der Waals surface area contributed by atoms with E-state index in [4.69, 9.17) is 0 Å². The van der Waals surface area contributed by atoms with Crippen LogP contribution in [0.3, 0.4) is 0 Å². The van der Waals surface area contributed by atoms with Crippen molar-refractivity contribution in [2.45, 2.75) is 33.1 Å². The van der Waals surface area contributed by atoms with Gasteiger partial charge in [0.1, 0.15) is 6.29 Å². The first kappa shape index (κ1) is 9.97. The summed E-state index contributed by atoms with van der Waals surface area (Å²) in [6.07, 6.45) is 0.938. The van der Waals surface area contributed by atoms with Crippen molar-refractivity contribution in [3.63, 3.8) is 0 Å². The van der Waals surface area contributed by atoms with E-state index < -0.39 is 0 Å². The van der Waals surface area contributed by atoms with Crippen LogP contribution in [0, 0.1) is 6.92 Å². The van der Waals surface area contributed by atoms with Gasteiger partial charge in [0.15, 0.2) is 0 Å². The van der Waals surface area contributed by atoms with Gasteiger partial charge in [0, 0.05) is 5.56 Å². The lowest BCUT2D eigenvalue weighted by atomic mass is 9.81. The molecule has 1 rings (SSSR count). The molecule has 1 heteroatoms. The normalized spacial score (nSPS) is 11.4. The van der Waals surface area contributed by atoms with Crippen LogP contribution >= 0.6 is 0 Å². The third kappa shape index (κ3) is 1.97. The van der Waals surface area contributed by atoms with Crippen LogP contribution < -0.4 is 0 Å². The van der Waals surface area contributed by atoms with Crippen molar-refractivity contribution in [3.8, 4) is 0 Å². The van der Waals surface area contributed by atoms with E-state index in [0.717, 1.165) is 17.4 Å². The average Bonchev–Trinajstić information content (AvgIpc) is 2.01. The Morgan fingerprint density at radius 2 is 1.85 bits per heavy atom. The summed E-state index contributed by atoms with van der Waals surface area (Å²) >= 11 is 0. The molecule has 0 saturated carbocycles. The second-order valence-corrected chi connectivity index (χ2v) is 4.41. The predicted octanol–water partition coefficient (Wildman–Crippen LogP) is 3.11. The minimum absolute atomic E-state index is 0.0432. The number of hydrogen-bond donors (Lipinski definition) is 0. The fraction of sp³-hybridized carbons (Fsp3) is 0.417. The molecule has 1 nitrogen and oxygen atoms in total. The summed E-state index contributed by atoms with van der Waals surface area (Å²) in [5.41, 5.74) is 3.20. The molecule has 0 N–H and O–H groups in total. The lowest BCUT2D eigenvalue weighted by Crippen LogP contribution is -2.15. The number of carbonyl (C=O) groups excluding carboxylic acids is 1. The molecule has 0 bridgehead atoms. The highest BCUT2D eigenvalue weighted by molar-refractivity contribution is 5.78. The Morgan fingerprint density at radius 1 is 1.23 bits per heavy atom. The van der Waals surface area contributed by atoms with Crippen LogP contribution in [0.5, 0.6) is 0 Å². The Morgan fingerprint density at radius 3 is 2.23 bits per heavy atom. The van der Waals surface area contributed by atoms with Gasteiger partial charge in [-0.2, -0.15) is 0 Å². The van der Waals surface area contributed by atoms with E-state index >= 15 is 0 Å². The minimum atomic E-state index is 0.0432. The minimum Gasteiger partial charge on any atom is -0.298 e. The molecular formula is C12H16O. The van der Waals surface area contributed by atoms with Crippen molar-refractivity contribution in [1.29, 1.82) is 0 Å². The molecule has 0 spiro atoms. The lowest BCUT2D eigenvalue weighted by molar-refractivity contribution is 0.112. The average molecular weight is 176 g/mol. The Kier molecular flexibility index (Phi) is 2.55. The summed E-state index contributed by atoms with van der Waals surface area (Å²) in [4.78, 5) is 10.8. The van der Waals surface area contributed by atoms with Crippen LogP contribution in [0.15, 0.2) is 18.2 Å². The number of benzene rings is 1. The first-order chi connectivity index (χ1) is 5.96. The number of rotatable bonds is 1. The summed E-state index contributed by atoms with van der Waals surface area (Å²) in [6.45, 7) is 8.43. The maximum atomic E-state index is 10.8. The lowest BCUT2D eigenvalue weighted by Gasteiger charge is -2.23. The molecule has 0 aliphatic rings. The molecule has 0 unspecified atom stereocenters. The second-order valence-electron chi connectivity index (χ2n) is 4.41. The van der Waals surface area contributed by atoms with Crippen molar-refractivity contribution in [2.24, 2.45) is 0 Å². The van der Waals surface area contributed by atoms with Crippen molar-refractivity contribution in [2.75, 3.05) is 0 Å². The van der Waals surface area contributed by atoms with Gasteiger partial charge < -0.3 is 0 Å². The Labute approximate surface area is 79.8 Å². The molecule has 0 fully saturated rings. The fourth-order valence-electron chi connectivity index (χ4n) is 1.81. The zero-order valence-electron chi connectivity index (χ0n) is 8.72. The quantitative estimate of drug-likeness (QED) is 0.601. The van der Waals surface area contributed by atoms with Crippen molar-refractivity contribution in [1.82, 2.24) is 0 Å². The molecular weight excluding hydrogens is 160 g/mol. The largest absolute Gasteiger partial charge is 0.298 e. The maximum absolute atomic E-state index is 10.8. The zero-order valence-corrected chi connectivity index (χ0v) is 8.72. The van der Waals surface area contributed by atoms with Gasteiger partial charge in [-0.1, -0.05) is 39.0 Å². The smallest absolute Gasteiger partial charge is 0.150 e. The molecule has 13 heavy (non-hydrogen) atoms. The molecule has 0 amide bonds. The van der Waals surface area contributed by atoms with Crippen LogP contribution in [-0.2, 0) is 5.41 Å². The highest BCUT2D eigenvalue weighted by Crippen LogP contribution is 2.27. The summed E-state index contributed by atoms with van der Waals surface area (Å²) in [6, 6.07) is 5.85. The Hall–Kier alpha value is -1.11. The van der Waals surface area contributed by atoms with E-state index in [1.807, 2.05) is 25.1 Å². The number of aldehydes is 1.